The van der Waals surface area contributed by atoms with Crippen LogP contribution in [0, 0.1) is 0 Å². The molecular weight excluding hydrogens is 380 g/mol. The highest BCUT2D eigenvalue weighted by Crippen LogP contribution is 2.30. The van der Waals surface area contributed by atoms with E-state index in [1.165, 1.54) is 16.2 Å². The van der Waals surface area contributed by atoms with Crippen LogP contribution >= 0.6 is 11.3 Å². The minimum absolute atomic E-state index is 0.117. The van der Waals surface area contributed by atoms with E-state index in [0.29, 0.717) is 10.9 Å². The quantitative estimate of drug-likeness (QED) is 0.723. The van der Waals surface area contributed by atoms with E-state index in [1.807, 2.05) is 0 Å². The first-order valence-corrected chi connectivity index (χ1v) is 9.88. The van der Waals surface area contributed by atoms with Crippen molar-refractivity contribution >= 4 is 34.3 Å². The van der Waals surface area contributed by atoms with E-state index in [9.17, 15) is 14.4 Å². The Morgan fingerprint density at radius 2 is 2.11 bits per heavy atom. The molecule has 1 aromatic carbocycles. The van der Waals surface area contributed by atoms with E-state index in [1.54, 1.807) is 31.4 Å². The monoisotopic (exact) mass is 400 g/mol. The van der Waals surface area contributed by atoms with Gasteiger partial charge in [-0.25, -0.2) is 9.78 Å². The van der Waals surface area contributed by atoms with Crippen LogP contribution < -0.4 is 15.4 Å². The Labute approximate surface area is 165 Å². The van der Waals surface area contributed by atoms with Crippen LogP contribution in [0.3, 0.4) is 0 Å². The SMILES string of the molecule is COc1ccc(CN2C(=O)NC(CC(=O)Nc3nc4c(s3)CCC4)C2=O)cc1. The number of benzene rings is 1. The molecule has 4 rings (SSSR count). The summed E-state index contributed by atoms with van der Waals surface area (Å²) in [4.78, 5) is 43.8. The zero-order chi connectivity index (χ0) is 19.7. The molecule has 2 aromatic rings. The van der Waals surface area contributed by atoms with Crippen molar-refractivity contribution in [3.8, 4) is 5.75 Å². The molecule has 4 amide bonds. The van der Waals surface area contributed by atoms with Gasteiger partial charge in [-0.1, -0.05) is 12.1 Å². The molecule has 0 radical (unpaired) electrons. The number of nitrogens with zero attached hydrogens (tertiary/aromatic N) is 2. The third-order valence-corrected chi connectivity index (χ3v) is 5.91. The number of anilines is 1. The number of aromatic nitrogens is 1. The number of urea groups is 1. The molecule has 146 valence electrons. The van der Waals surface area contributed by atoms with Crippen LogP contribution in [0.2, 0.25) is 0 Å². The standard InChI is InChI=1S/C19H20N4O4S/c1-27-12-7-5-11(6-8-12)10-23-17(25)14(21-19(23)26)9-16(24)22-18-20-13-3-2-4-15(13)28-18/h5-8,14H,2-4,9-10H2,1H3,(H,21,26)(H,20,22,24). The van der Waals surface area contributed by atoms with Crippen molar-refractivity contribution in [2.24, 2.45) is 0 Å². The van der Waals surface area contributed by atoms with E-state index >= 15 is 0 Å². The van der Waals surface area contributed by atoms with Gasteiger partial charge in [-0.3, -0.25) is 14.5 Å². The van der Waals surface area contributed by atoms with Crippen LogP contribution in [0.15, 0.2) is 24.3 Å². The van der Waals surface area contributed by atoms with Gasteiger partial charge >= 0.3 is 6.03 Å². The summed E-state index contributed by atoms with van der Waals surface area (Å²) in [5.74, 6) is -0.0429. The lowest BCUT2D eigenvalue weighted by molar-refractivity contribution is -0.130. The Balaban J connectivity index is 1.35. The number of rotatable bonds is 6. The average Bonchev–Trinajstić information content (AvgIpc) is 3.33. The first-order chi connectivity index (χ1) is 13.5. The molecule has 1 saturated heterocycles. The zero-order valence-corrected chi connectivity index (χ0v) is 16.2. The Morgan fingerprint density at radius 3 is 2.82 bits per heavy atom. The molecule has 0 saturated carbocycles. The second-order valence-electron chi connectivity index (χ2n) is 6.77. The zero-order valence-electron chi connectivity index (χ0n) is 15.4. The van der Waals surface area contributed by atoms with Crippen molar-refractivity contribution in [3.63, 3.8) is 0 Å². The molecule has 2 heterocycles. The minimum atomic E-state index is -0.863. The Hall–Kier alpha value is -2.94. The van der Waals surface area contributed by atoms with Crippen molar-refractivity contribution in [1.82, 2.24) is 15.2 Å². The van der Waals surface area contributed by atoms with Gasteiger partial charge in [0.1, 0.15) is 11.8 Å². The van der Waals surface area contributed by atoms with Gasteiger partial charge in [0, 0.05) is 4.88 Å². The summed E-state index contributed by atoms with van der Waals surface area (Å²) in [6, 6.07) is 5.76. The number of carbonyl (C=O) groups excluding carboxylic acids is 3. The van der Waals surface area contributed by atoms with Crippen LogP contribution in [0.4, 0.5) is 9.93 Å². The van der Waals surface area contributed by atoms with Gasteiger partial charge in [0.2, 0.25) is 5.91 Å². The molecule has 0 bridgehead atoms. The minimum Gasteiger partial charge on any atom is -0.497 e. The fourth-order valence-corrected chi connectivity index (χ4v) is 4.44. The van der Waals surface area contributed by atoms with Gasteiger partial charge in [-0.2, -0.15) is 0 Å². The number of carbonyl (C=O) groups is 3. The Kier molecular flexibility index (Phi) is 4.99. The van der Waals surface area contributed by atoms with Crippen molar-refractivity contribution in [2.75, 3.05) is 12.4 Å². The molecule has 9 heteroatoms. The summed E-state index contributed by atoms with van der Waals surface area (Å²) >= 11 is 1.48. The highest BCUT2D eigenvalue weighted by Gasteiger charge is 2.39. The molecule has 2 aliphatic rings. The number of fused-ring (bicyclic) bond motifs is 1. The van der Waals surface area contributed by atoms with Crippen molar-refractivity contribution in [1.29, 1.82) is 0 Å². The summed E-state index contributed by atoms with van der Waals surface area (Å²) in [6.45, 7) is 0.145. The van der Waals surface area contributed by atoms with Gasteiger partial charge < -0.3 is 15.4 Å². The molecule has 8 nitrogen and oxygen atoms in total. The molecule has 1 fully saturated rings. The second-order valence-corrected chi connectivity index (χ2v) is 7.85. The Morgan fingerprint density at radius 1 is 1.32 bits per heavy atom. The summed E-state index contributed by atoms with van der Waals surface area (Å²) < 4.78 is 5.10. The first kappa shape index (κ1) is 18.4. The number of amides is 4. The van der Waals surface area contributed by atoms with E-state index in [-0.39, 0.29) is 18.9 Å². The van der Waals surface area contributed by atoms with Crippen molar-refractivity contribution in [2.45, 2.75) is 38.3 Å². The number of hydrogen-bond acceptors (Lipinski definition) is 6. The summed E-state index contributed by atoms with van der Waals surface area (Å²) in [7, 11) is 1.57. The molecule has 1 aliphatic carbocycles. The number of nitrogens with one attached hydrogen (secondary N) is 2. The maximum absolute atomic E-state index is 12.6. The Bertz CT molecular complexity index is 903. The molecule has 0 spiro atoms. The summed E-state index contributed by atoms with van der Waals surface area (Å²) in [6.07, 6.45) is 2.93. The molecule has 1 aromatic heterocycles. The highest BCUT2D eigenvalue weighted by atomic mass is 32.1. The number of thiazole rings is 1. The average molecular weight is 400 g/mol. The number of ether oxygens (including phenoxy) is 1. The van der Waals surface area contributed by atoms with Gasteiger partial charge in [-0.15, -0.1) is 11.3 Å². The van der Waals surface area contributed by atoms with E-state index in [4.69, 9.17) is 4.74 Å². The summed E-state index contributed by atoms with van der Waals surface area (Å²) in [5.41, 5.74) is 1.85. The van der Waals surface area contributed by atoms with Crippen LogP contribution in [0.25, 0.3) is 0 Å². The third-order valence-electron chi connectivity index (χ3n) is 4.84. The fraction of sp³-hybridized carbons (Fsp3) is 0.368. The van der Waals surface area contributed by atoms with Gasteiger partial charge in [0.15, 0.2) is 5.13 Å². The van der Waals surface area contributed by atoms with Crippen LogP contribution in [-0.2, 0) is 29.0 Å². The molecule has 2 N–H and O–H groups in total. The van der Waals surface area contributed by atoms with Crippen molar-refractivity contribution in [3.05, 3.63) is 40.4 Å². The number of methoxy groups -OCH3 is 1. The van der Waals surface area contributed by atoms with E-state index in [0.717, 1.165) is 35.4 Å². The highest BCUT2D eigenvalue weighted by molar-refractivity contribution is 7.15. The molecule has 28 heavy (non-hydrogen) atoms. The van der Waals surface area contributed by atoms with Crippen LogP contribution in [0.1, 0.15) is 29.0 Å². The van der Waals surface area contributed by atoms with E-state index in [2.05, 4.69) is 15.6 Å². The normalized spacial score (nSPS) is 18.2. The summed E-state index contributed by atoms with van der Waals surface area (Å²) in [5, 5.41) is 5.89. The van der Waals surface area contributed by atoms with Gasteiger partial charge in [-0.05, 0) is 37.0 Å². The maximum atomic E-state index is 12.6. The van der Waals surface area contributed by atoms with Crippen molar-refractivity contribution < 1.29 is 19.1 Å². The lowest BCUT2D eigenvalue weighted by Gasteiger charge is -2.13. The van der Waals surface area contributed by atoms with E-state index < -0.39 is 18.0 Å². The largest absolute Gasteiger partial charge is 0.497 e. The number of hydrogen-bond donors (Lipinski definition) is 2. The third kappa shape index (κ3) is 3.70. The predicted octanol–water partition coefficient (Wildman–Crippen LogP) is 2.09. The molecule has 1 unspecified atom stereocenters. The number of imide groups is 1. The van der Waals surface area contributed by atoms with Gasteiger partial charge in [0.25, 0.3) is 5.91 Å². The molecule has 1 atom stereocenters. The topological polar surface area (TPSA) is 101 Å². The van der Waals surface area contributed by atoms with Gasteiger partial charge in [0.05, 0.1) is 25.8 Å². The fourth-order valence-electron chi connectivity index (χ4n) is 3.38. The molecular formula is C19H20N4O4S. The molecule has 1 aliphatic heterocycles. The lowest BCUT2D eigenvalue weighted by Crippen LogP contribution is -2.34. The number of aryl methyl sites for hydroxylation is 2. The lowest BCUT2D eigenvalue weighted by atomic mass is 10.1. The second kappa shape index (κ2) is 7.59. The van der Waals surface area contributed by atoms with Crippen LogP contribution in [0.5, 0.6) is 5.75 Å². The smallest absolute Gasteiger partial charge is 0.325 e. The predicted molar refractivity (Wildman–Crippen MR) is 103 cm³/mol. The maximum Gasteiger partial charge on any atom is 0.325 e. The van der Waals surface area contributed by atoms with Crippen LogP contribution in [-0.4, -0.2) is 40.9 Å². The first-order valence-electron chi connectivity index (χ1n) is 9.06.